The van der Waals surface area contributed by atoms with Crippen LogP contribution in [-0.4, -0.2) is 5.78 Å². The number of allylic oxidation sites excluding steroid dienone is 4. The second kappa shape index (κ2) is 20.2. The van der Waals surface area contributed by atoms with Crippen molar-refractivity contribution >= 4 is 5.78 Å². The van der Waals surface area contributed by atoms with Gasteiger partial charge in [0, 0.05) is 12.8 Å². The van der Waals surface area contributed by atoms with Crippen LogP contribution in [0.3, 0.4) is 0 Å². The molecular weight excluding hydrogens is 292 g/mol. The van der Waals surface area contributed by atoms with E-state index in [2.05, 4.69) is 38.2 Å². The lowest BCUT2D eigenvalue weighted by Crippen LogP contribution is -1.98. The largest absolute Gasteiger partial charge is 0.299 e. The molecule has 0 rings (SSSR count). The SMILES string of the molecule is CCCC[CH]C(=O)CCCCCCC/C=C\C/C=C\CCCCC. The third-order valence-electron chi connectivity index (χ3n) is 4.30. The van der Waals surface area contributed by atoms with Crippen LogP contribution in [-0.2, 0) is 4.79 Å². The molecule has 1 radical (unpaired) electrons. The predicted octanol–water partition coefficient (Wildman–Crippen LogP) is 7.76. The van der Waals surface area contributed by atoms with Gasteiger partial charge in [0.1, 0.15) is 5.78 Å². The van der Waals surface area contributed by atoms with Gasteiger partial charge in [0.05, 0.1) is 0 Å². The van der Waals surface area contributed by atoms with Gasteiger partial charge in [-0.25, -0.2) is 0 Å². The molecule has 0 fully saturated rings. The highest BCUT2D eigenvalue weighted by Crippen LogP contribution is 2.10. The molecule has 1 heteroatoms. The number of hydrogen-bond acceptors (Lipinski definition) is 1. The fraction of sp³-hybridized carbons (Fsp3) is 0.739. The molecule has 0 amide bonds. The fourth-order valence-corrected chi connectivity index (χ4v) is 2.68. The van der Waals surface area contributed by atoms with Gasteiger partial charge in [-0.3, -0.25) is 4.79 Å². The summed E-state index contributed by atoms with van der Waals surface area (Å²) < 4.78 is 0. The van der Waals surface area contributed by atoms with E-state index in [1.807, 2.05) is 6.42 Å². The lowest BCUT2D eigenvalue weighted by molar-refractivity contribution is -0.116. The maximum absolute atomic E-state index is 11.6. The van der Waals surface area contributed by atoms with Gasteiger partial charge in [-0.2, -0.15) is 0 Å². The summed E-state index contributed by atoms with van der Waals surface area (Å²) >= 11 is 0. The van der Waals surface area contributed by atoms with Crippen molar-refractivity contribution in [3.05, 3.63) is 30.7 Å². The van der Waals surface area contributed by atoms with Gasteiger partial charge in [0.15, 0.2) is 0 Å². The van der Waals surface area contributed by atoms with E-state index < -0.39 is 0 Å². The highest BCUT2D eigenvalue weighted by atomic mass is 16.1. The predicted molar refractivity (Wildman–Crippen MR) is 108 cm³/mol. The maximum Gasteiger partial charge on any atom is 0.136 e. The van der Waals surface area contributed by atoms with Crippen molar-refractivity contribution in [2.24, 2.45) is 0 Å². The van der Waals surface area contributed by atoms with Crippen LogP contribution < -0.4 is 0 Å². The van der Waals surface area contributed by atoms with Crippen LogP contribution in [0.2, 0.25) is 0 Å². The van der Waals surface area contributed by atoms with Gasteiger partial charge >= 0.3 is 0 Å². The molecular formula is C23H41O. The summed E-state index contributed by atoms with van der Waals surface area (Å²) in [5, 5.41) is 0. The van der Waals surface area contributed by atoms with Crippen molar-refractivity contribution in [3.8, 4) is 0 Å². The molecule has 0 aliphatic heterocycles. The van der Waals surface area contributed by atoms with Crippen molar-refractivity contribution in [1.29, 1.82) is 0 Å². The number of rotatable bonds is 18. The highest BCUT2D eigenvalue weighted by molar-refractivity contribution is 5.86. The van der Waals surface area contributed by atoms with Crippen molar-refractivity contribution in [1.82, 2.24) is 0 Å². The van der Waals surface area contributed by atoms with E-state index >= 15 is 0 Å². The molecule has 0 aromatic rings. The highest BCUT2D eigenvalue weighted by Gasteiger charge is 2.01. The zero-order chi connectivity index (χ0) is 17.7. The Balaban J connectivity index is 3.24. The summed E-state index contributed by atoms with van der Waals surface area (Å²) in [6.07, 6.45) is 28.8. The molecule has 0 atom stereocenters. The smallest absolute Gasteiger partial charge is 0.136 e. The average molecular weight is 334 g/mol. The molecule has 24 heavy (non-hydrogen) atoms. The minimum absolute atomic E-state index is 0.356. The van der Waals surface area contributed by atoms with E-state index in [0.29, 0.717) is 5.78 Å². The third kappa shape index (κ3) is 19.2. The number of hydrogen-bond donors (Lipinski definition) is 0. The molecule has 0 aliphatic rings. The quantitative estimate of drug-likeness (QED) is 0.185. The Morgan fingerprint density at radius 1 is 0.625 bits per heavy atom. The third-order valence-corrected chi connectivity index (χ3v) is 4.30. The molecule has 0 aromatic heterocycles. The normalized spacial score (nSPS) is 11.8. The van der Waals surface area contributed by atoms with E-state index in [0.717, 1.165) is 32.1 Å². The van der Waals surface area contributed by atoms with Crippen molar-refractivity contribution in [3.63, 3.8) is 0 Å². The Bertz CT molecular complexity index is 314. The maximum atomic E-state index is 11.6. The molecule has 0 N–H and O–H groups in total. The van der Waals surface area contributed by atoms with Crippen LogP contribution in [0.1, 0.15) is 110 Å². The minimum Gasteiger partial charge on any atom is -0.299 e. The monoisotopic (exact) mass is 333 g/mol. The zero-order valence-corrected chi connectivity index (χ0v) is 16.4. The van der Waals surface area contributed by atoms with Gasteiger partial charge in [-0.05, 0) is 44.9 Å². The summed E-state index contributed by atoms with van der Waals surface area (Å²) in [6, 6.07) is 0. The molecule has 139 valence electrons. The number of unbranched alkanes of at least 4 members (excludes halogenated alkanes) is 10. The van der Waals surface area contributed by atoms with E-state index in [4.69, 9.17) is 0 Å². The van der Waals surface area contributed by atoms with E-state index in [-0.39, 0.29) is 0 Å². The van der Waals surface area contributed by atoms with E-state index in [9.17, 15) is 4.79 Å². The zero-order valence-electron chi connectivity index (χ0n) is 16.4. The van der Waals surface area contributed by atoms with Gasteiger partial charge in [-0.1, -0.05) is 83.1 Å². The molecule has 0 saturated carbocycles. The van der Waals surface area contributed by atoms with Crippen LogP contribution >= 0.6 is 0 Å². The van der Waals surface area contributed by atoms with Gasteiger partial charge in [-0.15, -0.1) is 0 Å². The Morgan fingerprint density at radius 3 is 1.88 bits per heavy atom. The number of Topliss-reactive ketones (excluding diaryl/α,β-unsaturated/α-hetero) is 1. The lowest BCUT2D eigenvalue weighted by atomic mass is 10.0. The molecule has 0 spiro atoms. The first-order valence-electron chi connectivity index (χ1n) is 10.5. The van der Waals surface area contributed by atoms with Crippen LogP contribution in [0.15, 0.2) is 24.3 Å². The van der Waals surface area contributed by atoms with Crippen LogP contribution in [0.4, 0.5) is 0 Å². The molecule has 0 heterocycles. The second-order valence-electron chi connectivity index (χ2n) is 6.79. The lowest BCUT2D eigenvalue weighted by Gasteiger charge is -2.01. The first-order chi connectivity index (χ1) is 11.8. The van der Waals surface area contributed by atoms with Crippen LogP contribution in [0.5, 0.6) is 0 Å². The summed E-state index contributed by atoms with van der Waals surface area (Å²) in [7, 11) is 0. The molecule has 0 aliphatic carbocycles. The second-order valence-corrected chi connectivity index (χ2v) is 6.79. The summed E-state index contributed by atoms with van der Waals surface area (Å²) in [4.78, 5) is 11.6. The van der Waals surface area contributed by atoms with Crippen LogP contribution in [0, 0.1) is 6.42 Å². The molecule has 0 aromatic carbocycles. The Morgan fingerprint density at radius 2 is 1.21 bits per heavy atom. The first kappa shape index (κ1) is 23.1. The van der Waals surface area contributed by atoms with E-state index in [1.54, 1.807) is 0 Å². The molecule has 0 bridgehead atoms. The van der Waals surface area contributed by atoms with Crippen LogP contribution in [0.25, 0.3) is 0 Å². The molecule has 0 unspecified atom stereocenters. The van der Waals surface area contributed by atoms with Crippen molar-refractivity contribution in [2.45, 2.75) is 110 Å². The summed E-state index contributed by atoms with van der Waals surface area (Å²) in [5.74, 6) is 0.356. The van der Waals surface area contributed by atoms with Crippen molar-refractivity contribution < 1.29 is 4.79 Å². The standard InChI is InChI=1S/C23H41O/c1-3-5-7-8-9-10-11-12-13-14-15-16-17-18-20-22-23(24)21-19-6-4-2/h9-10,12-13,21H,3-8,11,14-20,22H2,1-2H3/b10-9-,13-12-. The Kier molecular flexibility index (Phi) is 19.5. The van der Waals surface area contributed by atoms with Gasteiger partial charge < -0.3 is 0 Å². The number of carbonyl (C=O) groups is 1. The summed E-state index contributed by atoms with van der Waals surface area (Å²) in [6.45, 7) is 4.41. The Hall–Kier alpha value is -0.850. The van der Waals surface area contributed by atoms with Gasteiger partial charge in [0.2, 0.25) is 0 Å². The minimum atomic E-state index is 0.356. The number of ketones is 1. The molecule has 1 nitrogen and oxygen atoms in total. The summed E-state index contributed by atoms with van der Waals surface area (Å²) in [5.41, 5.74) is 0. The molecule has 0 saturated heterocycles. The number of carbonyl (C=O) groups excluding carboxylic acids is 1. The average Bonchev–Trinajstić information content (AvgIpc) is 2.58. The Labute approximate surface area is 152 Å². The van der Waals surface area contributed by atoms with Crippen molar-refractivity contribution in [2.75, 3.05) is 0 Å². The first-order valence-corrected chi connectivity index (χ1v) is 10.5. The van der Waals surface area contributed by atoms with Gasteiger partial charge in [0.25, 0.3) is 0 Å². The topological polar surface area (TPSA) is 17.1 Å². The van der Waals surface area contributed by atoms with E-state index in [1.165, 1.54) is 64.2 Å². The fourth-order valence-electron chi connectivity index (χ4n) is 2.68.